The molecule has 250 valence electrons. The molecule has 0 atom stereocenters. The zero-order valence-corrected chi connectivity index (χ0v) is 29.6. The van der Waals surface area contributed by atoms with Crippen molar-refractivity contribution in [3.63, 3.8) is 0 Å². The topological polar surface area (TPSA) is 38.7 Å². The molecule has 0 fully saturated rings. The van der Waals surface area contributed by atoms with Gasteiger partial charge in [-0.15, -0.1) is 0 Å². The van der Waals surface area contributed by atoms with E-state index in [1.54, 1.807) is 0 Å². The molecule has 0 radical (unpaired) electrons. The van der Waals surface area contributed by atoms with Gasteiger partial charge >= 0.3 is 0 Å². The second kappa shape index (κ2) is 12.2. The largest absolute Gasteiger partial charge is 0.256 e. The van der Waals surface area contributed by atoms with Crippen LogP contribution in [0.15, 0.2) is 176 Å². The zero-order valence-electron chi connectivity index (χ0n) is 29.6. The first-order chi connectivity index (χ1) is 26.0. The van der Waals surface area contributed by atoms with E-state index in [1.807, 2.05) is 30.5 Å². The van der Waals surface area contributed by atoms with Crippen molar-refractivity contribution in [2.45, 2.75) is 19.3 Å². The van der Waals surface area contributed by atoms with Crippen LogP contribution in [0.5, 0.6) is 0 Å². The Hall–Kier alpha value is -6.71. The molecule has 2 aromatic heterocycles. The first-order valence-corrected chi connectivity index (χ1v) is 18.2. The summed E-state index contributed by atoms with van der Waals surface area (Å²) in [6.45, 7) is 4.68. The Morgan fingerprint density at radius 1 is 0.396 bits per heavy atom. The van der Waals surface area contributed by atoms with E-state index in [4.69, 9.17) is 9.97 Å². The van der Waals surface area contributed by atoms with E-state index >= 15 is 0 Å². The fourth-order valence-electron chi connectivity index (χ4n) is 8.10. The first kappa shape index (κ1) is 31.1. The lowest BCUT2D eigenvalue weighted by molar-refractivity contribution is 0.661. The van der Waals surface area contributed by atoms with Gasteiger partial charge in [0.15, 0.2) is 5.82 Å². The number of fused-ring (bicyclic) bond motifs is 5. The van der Waals surface area contributed by atoms with Crippen LogP contribution >= 0.6 is 0 Å². The molecule has 0 bridgehead atoms. The average molecular weight is 678 g/mol. The maximum Gasteiger partial charge on any atom is 0.160 e. The summed E-state index contributed by atoms with van der Waals surface area (Å²) in [5, 5.41) is 3.66. The molecular formula is C50H35N3. The van der Waals surface area contributed by atoms with Gasteiger partial charge in [-0.25, -0.2) is 9.97 Å². The van der Waals surface area contributed by atoms with Crippen LogP contribution in [-0.4, -0.2) is 15.0 Å². The van der Waals surface area contributed by atoms with Gasteiger partial charge in [0.25, 0.3) is 0 Å². The number of hydrogen-bond acceptors (Lipinski definition) is 3. The van der Waals surface area contributed by atoms with Gasteiger partial charge in [0.2, 0.25) is 0 Å². The number of pyridine rings is 1. The minimum absolute atomic E-state index is 0.137. The molecule has 1 aliphatic rings. The average Bonchev–Trinajstić information content (AvgIpc) is 3.45. The van der Waals surface area contributed by atoms with Gasteiger partial charge in [-0.1, -0.05) is 141 Å². The highest BCUT2D eigenvalue weighted by atomic mass is 14.9. The third-order valence-corrected chi connectivity index (χ3v) is 10.9. The predicted molar refractivity (Wildman–Crippen MR) is 220 cm³/mol. The second-order valence-electron chi connectivity index (χ2n) is 14.5. The molecule has 0 unspecified atom stereocenters. The molecule has 0 amide bonds. The normalized spacial score (nSPS) is 12.9. The van der Waals surface area contributed by atoms with Crippen molar-refractivity contribution >= 4 is 21.7 Å². The van der Waals surface area contributed by atoms with Crippen LogP contribution in [0, 0.1) is 0 Å². The van der Waals surface area contributed by atoms with Gasteiger partial charge in [0, 0.05) is 33.7 Å². The minimum atomic E-state index is -0.137. The van der Waals surface area contributed by atoms with Crippen LogP contribution in [0.2, 0.25) is 0 Å². The summed E-state index contributed by atoms with van der Waals surface area (Å²) in [4.78, 5) is 14.9. The smallest absolute Gasteiger partial charge is 0.160 e. The summed E-state index contributed by atoms with van der Waals surface area (Å²) in [6, 6.07) is 60.7. The lowest BCUT2D eigenvalue weighted by Crippen LogP contribution is -2.14. The third kappa shape index (κ3) is 5.32. The van der Waals surface area contributed by atoms with Crippen molar-refractivity contribution in [1.29, 1.82) is 0 Å². The SMILES string of the molecule is CC1(C)c2cc3ccccc3cc2-c2c(-c3cc(-c4ccc(-c5cccc(-c6ccc7ncccc7c6)c5)cc4)nc(-c4ccccc4)n3)cccc21. The van der Waals surface area contributed by atoms with Crippen molar-refractivity contribution in [3.8, 4) is 67.3 Å². The summed E-state index contributed by atoms with van der Waals surface area (Å²) in [5.74, 6) is 0.717. The Balaban J connectivity index is 1.07. The summed E-state index contributed by atoms with van der Waals surface area (Å²) < 4.78 is 0. The number of nitrogens with zero attached hydrogens (tertiary/aromatic N) is 3. The molecule has 10 rings (SSSR count). The van der Waals surface area contributed by atoms with Crippen LogP contribution in [0.25, 0.3) is 89.0 Å². The van der Waals surface area contributed by atoms with Crippen molar-refractivity contribution in [2.24, 2.45) is 0 Å². The van der Waals surface area contributed by atoms with Crippen LogP contribution in [0.4, 0.5) is 0 Å². The van der Waals surface area contributed by atoms with Crippen LogP contribution < -0.4 is 0 Å². The Bertz CT molecular complexity index is 2850. The molecule has 53 heavy (non-hydrogen) atoms. The van der Waals surface area contributed by atoms with Gasteiger partial charge in [-0.05, 0) is 97.7 Å². The monoisotopic (exact) mass is 677 g/mol. The van der Waals surface area contributed by atoms with E-state index in [2.05, 4.69) is 164 Å². The highest BCUT2D eigenvalue weighted by Crippen LogP contribution is 2.53. The Morgan fingerprint density at radius 3 is 1.87 bits per heavy atom. The number of benzene rings is 7. The van der Waals surface area contributed by atoms with Crippen LogP contribution in [0.3, 0.4) is 0 Å². The van der Waals surface area contributed by atoms with Gasteiger partial charge in [-0.3, -0.25) is 4.98 Å². The fourth-order valence-corrected chi connectivity index (χ4v) is 8.10. The maximum absolute atomic E-state index is 5.27. The lowest BCUT2D eigenvalue weighted by Gasteiger charge is -2.22. The molecule has 3 nitrogen and oxygen atoms in total. The van der Waals surface area contributed by atoms with Gasteiger partial charge in [0.1, 0.15) is 0 Å². The molecular weight excluding hydrogens is 643 g/mol. The minimum Gasteiger partial charge on any atom is -0.256 e. The molecule has 0 saturated heterocycles. The summed E-state index contributed by atoms with van der Waals surface area (Å²) >= 11 is 0. The number of rotatable bonds is 5. The zero-order chi connectivity index (χ0) is 35.5. The molecule has 3 heteroatoms. The summed E-state index contributed by atoms with van der Waals surface area (Å²) in [5.41, 5.74) is 15.8. The lowest BCUT2D eigenvalue weighted by atomic mass is 9.81. The molecule has 0 saturated carbocycles. The Kier molecular flexibility index (Phi) is 7.16. The third-order valence-electron chi connectivity index (χ3n) is 10.9. The van der Waals surface area contributed by atoms with E-state index in [1.165, 1.54) is 49.7 Å². The van der Waals surface area contributed by atoms with E-state index < -0.39 is 0 Å². The molecule has 0 spiro atoms. The fraction of sp³-hybridized carbons (Fsp3) is 0.0600. The number of hydrogen-bond donors (Lipinski definition) is 0. The maximum atomic E-state index is 5.27. The van der Waals surface area contributed by atoms with Gasteiger partial charge in [0.05, 0.1) is 16.9 Å². The molecule has 0 N–H and O–H groups in total. The first-order valence-electron chi connectivity index (χ1n) is 18.2. The quantitative estimate of drug-likeness (QED) is 0.182. The van der Waals surface area contributed by atoms with E-state index in [-0.39, 0.29) is 5.41 Å². The standard InChI is InChI=1S/C50H35N3/c1-50(2)43-19-9-18-41(48(43)42-29-37-13-6-7-14-38(37)30-44(42)50)47-31-46(52-49(53-47)34-11-4-3-5-12-34)33-22-20-32(21-23-33)35-15-8-16-36(27-35)39-24-25-45-40(28-39)17-10-26-51-45/h3-31H,1-2H3. The van der Waals surface area contributed by atoms with Crippen LogP contribution in [0.1, 0.15) is 25.0 Å². The van der Waals surface area contributed by atoms with Gasteiger partial charge < -0.3 is 0 Å². The molecule has 1 aliphatic carbocycles. The summed E-state index contributed by atoms with van der Waals surface area (Å²) in [6.07, 6.45) is 1.84. The van der Waals surface area contributed by atoms with Crippen molar-refractivity contribution < 1.29 is 0 Å². The predicted octanol–water partition coefficient (Wildman–Crippen LogP) is 12.8. The van der Waals surface area contributed by atoms with E-state index in [9.17, 15) is 0 Å². The van der Waals surface area contributed by atoms with Crippen LogP contribution in [-0.2, 0) is 5.41 Å². The molecule has 2 heterocycles. The van der Waals surface area contributed by atoms with Crippen molar-refractivity contribution in [3.05, 3.63) is 187 Å². The molecule has 9 aromatic rings. The Morgan fingerprint density at radius 2 is 1.04 bits per heavy atom. The van der Waals surface area contributed by atoms with E-state index in [0.717, 1.165) is 44.5 Å². The number of aromatic nitrogens is 3. The molecule has 7 aromatic carbocycles. The second-order valence-corrected chi connectivity index (χ2v) is 14.5. The van der Waals surface area contributed by atoms with E-state index in [0.29, 0.717) is 5.82 Å². The Labute approximate surface area is 309 Å². The highest BCUT2D eigenvalue weighted by Gasteiger charge is 2.37. The van der Waals surface area contributed by atoms with Gasteiger partial charge in [-0.2, -0.15) is 0 Å². The summed E-state index contributed by atoms with van der Waals surface area (Å²) in [7, 11) is 0. The van der Waals surface area contributed by atoms with Crippen molar-refractivity contribution in [2.75, 3.05) is 0 Å². The van der Waals surface area contributed by atoms with Crippen molar-refractivity contribution in [1.82, 2.24) is 15.0 Å². The molecule has 0 aliphatic heterocycles. The highest BCUT2D eigenvalue weighted by molar-refractivity contribution is 5.98.